The number of rotatable bonds is 1. The predicted octanol–water partition coefficient (Wildman–Crippen LogP) is 3.19. The van der Waals surface area contributed by atoms with Crippen molar-refractivity contribution in [1.29, 1.82) is 0 Å². The van der Waals surface area contributed by atoms with E-state index < -0.39 is 0 Å². The number of benzene rings is 1. The Labute approximate surface area is 103 Å². The highest BCUT2D eigenvalue weighted by Gasteiger charge is 2.35. The van der Waals surface area contributed by atoms with E-state index in [-0.39, 0.29) is 11.6 Å². The standard InChI is InChI=1S/C14H20N2O/c1-11-10-14(2,3)16(4)13(17-11)15-12-8-6-5-7-9-12/h5-9,11H,10H2,1-4H3. The molecule has 0 radical (unpaired) electrons. The summed E-state index contributed by atoms with van der Waals surface area (Å²) >= 11 is 0. The zero-order valence-electron chi connectivity index (χ0n) is 11.0. The zero-order chi connectivity index (χ0) is 12.5. The van der Waals surface area contributed by atoms with Gasteiger partial charge in [-0.15, -0.1) is 0 Å². The summed E-state index contributed by atoms with van der Waals surface area (Å²) in [6.07, 6.45) is 1.22. The molecule has 0 aliphatic carbocycles. The average molecular weight is 232 g/mol. The van der Waals surface area contributed by atoms with E-state index >= 15 is 0 Å². The third-order valence-corrected chi connectivity index (χ3v) is 3.27. The molecule has 0 bridgehead atoms. The number of amidine groups is 1. The summed E-state index contributed by atoms with van der Waals surface area (Å²) in [5.74, 6) is 0. The van der Waals surface area contributed by atoms with Crippen molar-refractivity contribution in [2.45, 2.75) is 38.8 Å². The Balaban J connectivity index is 2.28. The van der Waals surface area contributed by atoms with Gasteiger partial charge in [-0.3, -0.25) is 0 Å². The smallest absolute Gasteiger partial charge is 0.293 e. The molecule has 1 unspecified atom stereocenters. The molecule has 3 nitrogen and oxygen atoms in total. The molecular weight excluding hydrogens is 212 g/mol. The van der Waals surface area contributed by atoms with Gasteiger partial charge in [-0.05, 0) is 32.9 Å². The maximum absolute atomic E-state index is 5.81. The van der Waals surface area contributed by atoms with Crippen molar-refractivity contribution in [2.75, 3.05) is 7.05 Å². The predicted molar refractivity (Wildman–Crippen MR) is 70.5 cm³/mol. The van der Waals surface area contributed by atoms with Gasteiger partial charge in [-0.25, -0.2) is 0 Å². The maximum atomic E-state index is 5.81. The Bertz CT molecular complexity index is 411. The molecule has 1 aliphatic heterocycles. The van der Waals surface area contributed by atoms with Gasteiger partial charge in [-0.1, -0.05) is 18.2 Å². The van der Waals surface area contributed by atoms with Gasteiger partial charge in [0.25, 0.3) is 6.02 Å². The largest absolute Gasteiger partial charge is 0.462 e. The second-order valence-electron chi connectivity index (χ2n) is 5.23. The minimum atomic E-state index is 0.0886. The summed E-state index contributed by atoms with van der Waals surface area (Å²) in [6.45, 7) is 6.52. The topological polar surface area (TPSA) is 24.8 Å². The van der Waals surface area contributed by atoms with Crippen LogP contribution in [0.1, 0.15) is 27.2 Å². The molecule has 17 heavy (non-hydrogen) atoms. The number of aliphatic imine (C=N–C) groups is 1. The van der Waals surface area contributed by atoms with Crippen LogP contribution in [-0.4, -0.2) is 29.6 Å². The van der Waals surface area contributed by atoms with Crippen molar-refractivity contribution in [1.82, 2.24) is 4.90 Å². The summed E-state index contributed by atoms with van der Waals surface area (Å²) in [6, 6.07) is 10.6. The third kappa shape index (κ3) is 2.60. The zero-order valence-corrected chi connectivity index (χ0v) is 11.0. The summed E-state index contributed by atoms with van der Waals surface area (Å²) in [5, 5.41) is 0. The molecule has 0 aromatic heterocycles. The first-order valence-corrected chi connectivity index (χ1v) is 6.03. The number of ether oxygens (including phenoxy) is 1. The maximum Gasteiger partial charge on any atom is 0.293 e. The van der Waals surface area contributed by atoms with Crippen LogP contribution in [0, 0.1) is 0 Å². The van der Waals surface area contributed by atoms with Crippen LogP contribution in [0.4, 0.5) is 5.69 Å². The molecule has 1 fully saturated rings. The molecule has 0 spiro atoms. The third-order valence-electron chi connectivity index (χ3n) is 3.27. The van der Waals surface area contributed by atoms with Crippen LogP contribution in [0.3, 0.4) is 0 Å². The van der Waals surface area contributed by atoms with E-state index in [4.69, 9.17) is 4.74 Å². The minimum Gasteiger partial charge on any atom is -0.462 e. The number of nitrogens with zero attached hydrogens (tertiary/aromatic N) is 2. The highest BCUT2D eigenvalue weighted by atomic mass is 16.5. The van der Waals surface area contributed by atoms with Crippen LogP contribution < -0.4 is 0 Å². The highest BCUT2D eigenvalue weighted by Crippen LogP contribution is 2.28. The van der Waals surface area contributed by atoms with Crippen LogP contribution in [0.15, 0.2) is 35.3 Å². The Morgan fingerprint density at radius 3 is 2.59 bits per heavy atom. The molecule has 1 aromatic rings. The monoisotopic (exact) mass is 232 g/mol. The number of para-hydroxylation sites is 1. The summed E-state index contributed by atoms with van der Waals surface area (Å²) in [5.41, 5.74) is 1.02. The Morgan fingerprint density at radius 1 is 1.29 bits per heavy atom. The lowest BCUT2D eigenvalue weighted by Gasteiger charge is -2.44. The molecule has 1 aliphatic rings. The first-order chi connectivity index (χ1) is 7.99. The van der Waals surface area contributed by atoms with Crippen molar-refractivity contribution in [3.63, 3.8) is 0 Å². The Kier molecular flexibility index (Phi) is 3.09. The first-order valence-electron chi connectivity index (χ1n) is 6.03. The number of hydrogen-bond acceptors (Lipinski definition) is 2. The second-order valence-corrected chi connectivity index (χ2v) is 5.23. The van der Waals surface area contributed by atoms with Crippen molar-refractivity contribution in [3.05, 3.63) is 30.3 Å². The van der Waals surface area contributed by atoms with E-state index in [1.165, 1.54) is 0 Å². The number of hydrogen-bond donors (Lipinski definition) is 0. The van der Waals surface area contributed by atoms with Crippen molar-refractivity contribution in [3.8, 4) is 0 Å². The van der Waals surface area contributed by atoms with Gasteiger partial charge in [0, 0.05) is 19.0 Å². The molecule has 1 saturated heterocycles. The molecular formula is C14H20N2O. The molecule has 0 N–H and O–H groups in total. The quantitative estimate of drug-likeness (QED) is 0.742. The minimum absolute atomic E-state index is 0.0886. The average Bonchev–Trinajstić information content (AvgIpc) is 2.26. The second kappa shape index (κ2) is 4.40. The molecule has 3 heteroatoms. The molecule has 0 saturated carbocycles. The lowest BCUT2D eigenvalue weighted by atomic mass is 9.94. The lowest BCUT2D eigenvalue weighted by molar-refractivity contribution is 0.0404. The van der Waals surface area contributed by atoms with E-state index in [1.54, 1.807) is 0 Å². The molecule has 0 amide bonds. The SMILES string of the molecule is CC1CC(C)(C)N(C)C(=Nc2ccccc2)O1. The fourth-order valence-electron chi connectivity index (χ4n) is 2.11. The van der Waals surface area contributed by atoms with Crippen LogP contribution in [0.5, 0.6) is 0 Å². The summed E-state index contributed by atoms with van der Waals surface area (Å²) in [7, 11) is 2.04. The summed E-state index contributed by atoms with van der Waals surface area (Å²) < 4.78 is 5.81. The summed E-state index contributed by atoms with van der Waals surface area (Å²) in [4.78, 5) is 6.68. The molecule has 2 rings (SSSR count). The van der Waals surface area contributed by atoms with Crippen LogP contribution in [0.2, 0.25) is 0 Å². The van der Waals surface area contributed by atoms with E-state index in [2.05, 4.69) is 30.7 Å². The van der Waals surface area contributed by atoms with E-state index in [1.807, 2.05) is 37.4 Å². The normalized spacial score (nSPS) is 25.8. The van der Waals surface area contributed by atoms with Crippen LogP contribution in [0.25, 0.3) is 0 Å². The van der Waals surface area contributed by atoms with Gasteiger partial charge in [0.2, 0.25) is 0 Å². The Morgan fingerprint density at radius 2 is 1.94 bits per heavy atom. The van der Waals surface area contributed by atoms with Crippen molar-refractivity contribution in [2.24, 2.45) is 4.99 Å². The lowest BCUT2D eigenvalue weighted by Crippen LogP contribution is -2.53. The van der Waals surface area contributed by atoms with Gasteiger partial charge in [0.15, 0.2) is 0 Å². The highest BCUT2D eigenvalue weighted by molar-refractivity contribution is 5.78. The van der Waals surface area contributed by atoms with Gasteiger partial charge in [0.1, 0.15) is 6.10 Å². The molecule has 1 atom stereocenters. The Hall–Kier alpha value is -1.51. The van der Waals surface area contributed by atoms with E-state index in [0.29, 0.717) is 6.02 Å². The van der Waals surface area contributed by atoms with Crippen LogP contribution >= 0.6 is 0 Å². The first kappa shape index (κ1) is 12.0. The fourth-order valence-corrected chi connectivity index (χ4v) is 2.11. The molecule has 92 valence electrons. The molecule has 1 heterocycles. The van der Waals surface area contributed by atoms with Crippen molar-refractivity contribution < 1.29 is 4.74 Å². The van der Waals surface area contributed by atoms with Gasteiger partial charge in [0.05, 0.1) is 5.69 Å². The van der Waals surface area contributed by atoms with Crippen LogP contribution in [-0.2, 0) is 4.74 Å². The van der Waals surface area contributed by atoms with Gasteiger partial charge < -0.3 is 9.64 Å². The van der Waals surface area contributed by atoms with Crippen molar-refractivity contribution >= 4 is 11.7 Å². The van der Waals surface area contributed by atoms with Gasteiger partial charge >= 0.3 is 0 Å². The fraction of sp³-hybridized carbons (Fsp3) is 0.500. The van der Waals surface area contributed by atoms with E-state index in [0.717, 1.165) is 12.1 Å². The van der Waals surface area contributed by atoms with E-state index in [9.17, 15) is 0 Å². The molecule has 1 aromatic carbocycles. The van der Waals surface area contributed by atoms with Gasteiger partial charge in [-0.2, -0.15) is 4.99 Å².